The molecule has 2 nitrogen and oxygen atoms in total. The minimum absolute atomic E-state index is 0.00463. The van der Waals surface area contributed by atoms with E-state index in [1.54, 1.807) is 0 Å². The van der Waals surface area contributed by atoms with Gasteiger partial charge in [0, 0.05) is 6.04 Å². The third kappa shape index (κ3) is 1.59. The predicted molar refractivity (Wildman–Crippen MR) is 52.8 cm³/mol. The number of hydrogen-bond acceptors (Lipinski definition) is 2. The highest BCUT2D eigenvalue weighted by atomic mass is 32.1. The van der Waals surface area contributed by atoms with Crippen LogP contribution >= 0.6 is 12.2 Å². The Kier molecular flexibility index (Phi) is 3.05. The fourth-order valence-electron chi connectivity index (χ4n) is 1.68. The topological polar surface area (TPSA) is 27.0 Å². The monoisotopic (exact) mass is 182 g/mol. The van der Waals surface area contributed by atoms with Crippen molar-refractivity contribution in [1.82, 2.24) is 4.90 Å². The molecule has 12 heavy (non-hydrogen) atoms. The minimum atomic E-state index is -0.00463. The van der Waals surface area contributed by atoms with Crippen molar-refractivity contribution in [3.8, 4) is 6.07 Å². The van der Waals surface area contributed by atoms with Crippen LogP contribution in [-0.2, 0) is 0 Å². The molecule has 3 heteroatoms. The highest BCUT2D eigenvalue weighted by Gasteiger charge is 2.29. The summed E-state index contributed by atoms with van der Waals surface area (Å²) >= 11 is 5.20. The van der Waals surface area contributed by atoms with E-state index >= 15 is 0 Å². The number of nitrogens with zero attached hydrogens (tertiary/aromatic N) is 2. The van der Waals surface area contributed by atoms with Crippen molar-refractivity contribution in [2.45, 2.75) is 45.2 Å². The Hall–Kier alpha value is -0.620. The summed E-state index contributed by atoms with van der Waals surface area (Å²) in [5.74, 6) is 0. The molecule has 1 heterocycles. The van der Waals surface area contributed by atoms with Gasteiger partial charge in [-0.3, -0.25) is 0 Å². The van der Waals surface area contributed by atoms with Gasteiger partial charge in [-0.05, 0) is 26.2 Å². The molecule has 0 N–H and O–H groups in total. The van der Waals surface area contributed by atoms with Crippen molar-refractivity contribution in [1.29, 1.82) is 5.26 Å². The SMILES string of the molecule is CCC(C#N)N1C(=S)CCC1C. The normalized spacial score (nSPS) is 25.6. The second-order valence-electron chi connectivity index (χ2n) is 3.24. The standard InChI is InChI=1S/C9H14N2S/c1-3-8(6-10)11-7(2)4-5-9(11)12/h7-8H,3-5H2,1-2H3. The molecule has 0 aromatic rings. The van der Waals surface area contributed by atoms with E-state index in [-0.39, 0.29) is 6.04 Å². The Morgan fingerprint density at radius 3 is 2.83 bits per heavy atom. The number of likely N-dealkylation sites (tertiary alicyclic amines) is 1. The lowest BCUT2D eigenvalue weighted by atomic mass is 10.2. The van der Waals surface area contributed by atoms with Gasteiger partial charge in [0.15, 0.2) is 0 Å². The fraction of sp³-hybridized carbons (Fsp3) is 0.778. The van der Waals surface area contributed by atoms with Crippen molar-refractivity contribution in [3.63, 3.8) is 0 Å². The maximum absolute atomic E-state index is 8.87. The van der Waals surface area contributed by atoms with Crippen LogP contribution in [-0.4, -0.2) is 22.0 Å². The van der Waals surface area contributed by atoms with Gasteiger partial charge < -0.3 is 4.90 Å². The van der Waals surface area contributed by atoms with Crippen LogP contribution in [0.3, 0.4) is 0 Å². The molecule has 0 saturated carbocycles. The maximum atomic E-state index is 8.87. The van der Waals surface area contributed by atoms with Crippen molar-refractivity contribution < 1.29 is 0 Å². The summed E-state index contributed by atoms with van der Waals surface area (Å²) in [6.07, 6.45) is 2.95. The highest BCUT2D eigenvalue weighted by Crippen LogP contribution is 2.23. The molecule has 2 unspecified atom stereocenters. The van der Waals surface area contributed by atoms with E-state index in [1.165, 1.54) is 0 Å². The Bertz CT molecular complexity index is 219. The van der Waals surface area contributed by atoms with E-state index in [0.717, 1.165) is 24.3 Å². The number of thiocarbonyl (C=S) groups is 1. The average Bonchev–Trinajstić information content (AvgIpc) is 2.38. The van der Waals surface area contributed by atoms with Gasteiger partial charge in [0.05, 0.1) is 11.1 Å². The smallest absolute Gasteiger partial charge is 0.117 e. The maximum Gasteiger partial charge on any atom is 0.117 e. The van der Waals surface area contributed by atoms with Crippen LogP contribution in [0.25, 0.3) is 0 Å². The van der Waals surface area contributed by atoms with E-state index in [4.69, 9.17) is 17.5 Å². The zero-order valence-electron chi connectivity index (χ0n) is 7.58. The first kappa shape index (κ1) is 9.47. The molecule has 0 radical (unpaired) electrons. The zero-order valence-corrected chi connectivity index (χ0v) is 8.40. The summed E-state index contributed by atoms with van der Waals surface area (Å²) in [5.41, 5.74) is 0. The van der Waals surface area contributed by atoms with Gasteiger partial charge in [-0.15, -0.1) is 0 Å². The number of rotatable bonds is 2. The third-order valence-corrected chi connectivity index (χ3v) is 2.83. The molecule has 1 fully saturated rings. The Morgan fingerprint density at radius 2 is 2.50 bits per heavy atom. The molecule has 0 aromatic carbocycles. The van der Waals surface area contributed by atoms with Gasteiger partial charge in [-0.25, -0.2) is 0 Å². The predicted octanol–water partition coefficient (Wildman–Crippen LogP) is 2.10. The van der Waals surface area contributed by atoms with Gasteiger partial charge in [-0.2, -0.15) is 5.26 Å². The lowest BCUT2D eigenvalue weighted by Gasteiger charge is -2.27. The lowest BCUT2D eigenvalue weighted by molar-refractivity contribution is 0.310. The van der Waals surface area contributed by atoms with E-state index in [2.05, 4.69) is 17.9 Å². The number of nitriles is 1. The summed E-state index contributed by atoms with van der Waals surface area (Å²) in [6.45, 7) is 4.17. The Balaban J connectivity index is 2.72. The minimum Gasteiger partial charge on any atom is -0.347 e. The van der Waals surface area contributed by atoms with E-state index in [9.17, 15) is 0 Å². The first-order chi connectivity index (χ1) is 5.70. The first-order valence-electron chi connectivity index (χ1n) is 4.41. The summed E-state index contributed by atoms with van der Waals surface area (Å²) in [5, 5.41) is 8.87. The van der Waals surface area contributed by atoms with E-state index in [0.29, 0.717) is 6.04 Å². The fourth-order valence-corrected chi connectivity index (χ4v) is 2.10. The van der Waals surface area contributed by atoms with Crippen molar-refractivity contribution in [2.24, 2.45) is 0 Å². The molecule has 1 aliphatic rings. The molecule has 0 spiro atoms. The van der Waals surface area contributed by atoms with Gasteiger partial charge >= 0.3 is 0 Å². The molecule has 0 bridgehead atoms. The van der Waals surface area contributed by atoms with Crippen LogP contribution < -0.4 is 0 Å². The Morgan fingerprint density at radius 1 is 1.83 bits per heavy atom. The largest absolute Gasteiger partial charge is 0.347 e. The molecule has 66 valence electrons. The summed E-state index contributed by atoms with van der Waals surface area (Å²) in [7, 11) is 0. The van der Waals surface area contributed by atoms with Crippen LogP contribution in [0.2, 0.25) is 0 Å². The van der Waals surface area contributed by atoms with Gasteiger partial charge in [0.25, 0.3) is 0 Å². The molecule has 0 aliphatic carbocycles. The molecular formula is C9H14N2S. The third-order valence-electron chi connectivity index (χ3n) is 2.41. The van der Waals surface area contributed by atoms with Crippen LogP contribution in [0.1, 0.15) is 33.1 Å². The van der Waals surface area contributed by atoms with Crippen molar-refractivity contribution >= 4 is 17.2 Å². The van der Waals surface area contributed by atoms with E-state index in [1.807, 2.05) is 6.92 Å². The van der Waals surface area contributed by atoms with Crippen LogP contribution in [0.4, 0.5) is 0 Å². The van der Waals surface area contributed by atoms with E-state index < -0.39 is 0 Å². The number of hydrogen-bond donors (Lipinski definition) is 0. The Labute approximate surface area is 79.2 Å². The van der Waals surface area contributed by atoms with Crippen molar-refractivity contribution in [2.75, 3.05) is 0 Å². The second-order valence-corrected chi connectivity index (χ2v) is 3.71. The molecular weight excluding hydrogens is 168 g/mol. The second kappa shape index (κ2) is 3.86. The first-order valence-corrected chi connectivity index (χ1v) is 4.82. The molecule has 1 rings (SSSR count). The summed E-state index contributed by atoms with van der Waals surface area (Å²) in [6, 6.07) is 2.75. The molecule has 1 aliphatic heterocycles. The molecule has 1 saturated heterocycles. The van der Waals surface area contributed by atoms with Gasteiger partial charge in [0.2, 0.25) is 0 Å². The molecule has 2 atom stereocenters. The van der Waals surface area contributed by atoms with Crippen LogP contribution in [0.5, 0.6) is 0 Å². The molecule has 0 amide bonds. The summed E-state index contributed by atoms with van der Waals surface area (Å²) in [4.78, 5) is 3.06. The lowest BCUT2D eigenvalue weighted by Crippen LogP contribution is -2.38. The van der Waals surface area contributed by atoms with Gasteiger partial charge in [-0.1, -0.05) is 19.1 Å². The summed E-state index contributed by atoms with van der Waals surface area (Å²) < 4.78 is 0. The highest BCUT2D eigenvalue weighted by molar-refractivity contribution is 7.80. The van der Waals surface area contributed by atoms with Crippen LogP contribution in [0, 0.1) is 11.3 Å². The zero-order chi connectivity index (χ0) is 9.14. The van der Waals surface area contributed by atoms with Crippen molar-refractivity contribution in [3.05, 3.63) is 0 Å². The van der Waals surface area contributed by atoms with Gasteiger partial charge in [0.1, 0.15) is 6.04 Å². The molecule has 0 aromatic heterocycles. The average molecular weight is 182 g/mol. The quantitative estimate of drug-likeness (QED) is 0.612. The van der Waals surface area contributed by atoms with Crippen LogP contribution in [0.15, 0.2) is 0 Å².